The number of nitrogens with zero attached hydrogens (tertiary/aromatic N) is 1. The molecular formula is C18H24FN3O2. The van der Waals surface area contributed by atoms with E-state index in [2.05, 4.69) is 10.6 Å². The molecule has 0 bridgehead atoms. The Balaban J connectivity index is 1.53. The van der Waals surface area contributed by atoms with Gasteiger partial charge in [0.25, 0.3) is 0 Å². The second kappa shape index (κ2) is 7.75. The summed E-state index contributed by atoms with van der Waals surface area (Å²) in [5.41, 5.74) is 0.604. The van der Waals surface area contributed by atoms with Crippen molar-refractivity contribution in [1.82, 2.24) is 15.5 Å². The van der Waals surface area contributed by atoms with Crippen molar-refractivity contribution in [2.24, 2.45) is 0 Å². The largest absolute Gasteiger partial charge is 0.352 e. The van der Waals surface area contributed by atoms with Gasteiger partial charge in [0.2, 0.25) is 11.8 Å². The Labute approximate surface area is 141 Å². The fraction of sp³-hybridized carbons (Fsp3) is 0.556. The van der Waals surface area contributed by atoms with Gasteiger partial charge in [-0.25, -0.2) is 4.39 Å². The second-order valence-electron chi connectivity index (χ2n) is 6.74. The van der Waals surface area contributed by atoms with E-state index in [1.54, 1.807) is 23.1 Å². The molecule has 0 saturated heterocycles. The second-order valence-corrected chi connectivity index (χ2v) is 6.74. The average molecular weight is 333 g/mol. The van der Waals surface area contributed by atoms with Crippen LogP contribution in [0.4, 0.5) is 4.39 Å². The highest BCUT2D eigenvalue weighted by Crippen LogP contribution is 2.19. The molecule has 0 aromatic heterocycles. The number of hydrogen-bond acceptors (Lipinski definition) is 3. The molecule has 130 valence electrons. The van der Waals surface area contributed by atoms with Crippen molar-refractivity contribution in [3.63, 3.8) is 0 Å². The number of carbonyl (C=O) groups excluding carboxylic acids is 2. The Hall–Kier alpha value is -1.95. The van der Waals surface area contributed by atoms with E-state index in [4.69, 9.17) is 0 Å². The molecule has 0 atom stereocenters. The van der Waals surface area contributed by atoms with Crippen LogP contribution < -0.4 is 10.6 Å². The first-order valence-electron chi connectivity index (χ1n) is 8.64. The van der Waals surface area contributed by atoms with Crippen LogP contribution in [0.2, 0.25) is 0 Å². The molecule has 3 rings (SSSR count). The predicted molar refractivity (Wildman–Crippen MR) is 88.9 cm³/mol. The highest BCUT2D eigenvalue weighted by Gasteiger charge is 2.26. The summed E-state index contributed by atoms with van der Waals surface area (Å²) < 4.78 is 13.7. The molecule has 0 spiro atoms. The maximum atomic E-state index is 13.7. The SMILES string of the molecule is O=C(CN(CCc1ccccc1F)CC(=O)NC1CC1)NC1CC1. The van der Waals surface area contributed by atoms with E-state index in [1.807, 2.05) is 0 Å². The van der Waals surface area contributed by atoms with E-state index in [9.17, 15) is 14.0 Å². The van der Waals surface area contributed by atoms with Crippen LogP contribution in [-0.2, 0) is 16.0 Å². The normalized spacial score (nSPS) is 16.9. The number of carbonyl (C=O) groups is 2. The Kier molecular flexibility index (Phi) is 5.45. The van der Waals surface area contributed by atoms with E-state index in [-0.39, 0.29) is 30.7 Å². The van der Waals surface area contributed by atoms with Crippen LogP contribution in [-0.4, -0.2) is 48.4 Å². The zero-order valence-corrected chi connectivity index (χ0v) is 13.8. The van der Waals surface area contributed by atoms with Crippen molar-refractivity contribution in [2.75, 3.05) is 19.6 Å². The van der Waals surface area contributed by atoms with E-state index < -0.39 is 0 Å². The minimum atomic E-state index is -0.248. The number of amides is 2. The Morgan fingerprint density at radius 2 is 1.54 bits per heavy atom. The van der Waals surface area contributed by atoms with Crippen LogP contribution in [0.15, 0.2) is 24.3 Å². The molecule has 2 N–H and O–H groups in total. The molecule has 0 radical (unpaired) electrons. The molecule has 2 saturated carbocycles. The van der Waals surface area contributed by atoms with Gasteiger partial charge in [0.1, 0.15) is 5.82 Å². The molecule has 1 aromatic rings. The van der Waals surface area contributed by atoms with Crippen molar-refractivity contribution in [2.45, 2.75) is 44.2 Å². The molecule has 0 heterocycles. The van der Waals surface area contributed by atoms with Gasteiger partial charge < -0.3 is 10.6 Å². The molecule has 5 nitrogen and oxygen atoms in total. The first-order chi connectivity index (χ1) is 11.6. The van der Waals surface area contributed by atoms with Crippen molar-refractivity contribution >= 4 is 11.8 Å². The summed E-state index contributed by atoms with van der Waals surface area (Å²) in [6.45, 7) is 0.809. The van der Waals surface area contributed by atoms with Crippen LogP contribution in [0, 0.1) is 5.82 Å². The van der Waals surface area contributed by atoms with Crippen LogP contribution >= 0.6 is 0 Å². The third-order valence-corrected chi connectivity index (χ3v) is 4.27. The number of benzene rings is 1. The summed E-state index contributed by atoms with van der Waals surface area (Å²) in [5.74, 6) is -0.377. The molecule has 2 aliphatic rings. The molecule has 2 fully saturated rings. The summed E-state index contributed by atoms with van der Waals surface area (Å²) in [7, 11) is 0. The van der Waals surface area contributed by atoms with Gasteiger partial charge in [-0.2, -0.15) is 0 Å². The zero-order valence-electron chi connectivity index (χ0n) is 13.8. The van der Waals surface area contributed by atoms with Crippen molar-refractivity contribution in [3.05, 3.63) is 35.6 Å². The summed E-state index contributed by atoms with van der Waals surface area (Å²) in [4.78, 5) is 25.9. The third kappa shape index (κ3) is 5.60. The lowest BCUT2D eigenvalue weighted by molar-refractivity contribution is -0.125. The lowest BCUT2D eigenvalue weighted by Crippen LogP contribution is -2.44. The van der Waals surface area contributed by atoms with Gasteiger partial charge in [0.05, 0.1) is 13.1 Å². The fourth-order valence-electron chi connectivity index (χ4n) is 2.60. The molecule has 6 heteroatoms. The molecule has 2 aliphatic carbocycles. The minimum Gasteiger partial charge on any atom is -0.352 e. The summed E-state index contributed by atoms with van der Waals surface area (Å²) in [6, 6.07) is 7.21. The number of nitrogens with one attached hydrogen (secondary N) is 2. The Morgan fingerprint density at radius 1 is 1.00 bits per heavy atom. The average Bonchev–Trinajstić information content (AvgIpc) is 3.43. The van der Waals surface area contributed by atoms with Gasteiger partial charge in [0, 0.05) is 18.6 Å². The predicted octanol–water partition coefficient (Wildman–Crippen LogP) is 1.23. The van der Waals surface area contributed by atoms with E-state index in [0.29, 0.717) is 30.6 Å². The first kappa shape index (κ1) is 16.9. The van der Waals surface area contributed by atoms with Crippen molar-refractivity contribution in [1.29, 1.82) is 0 Å². The monoisotopic (exact) mass is 333 g/mol. The molecule has 0 aliphatic heterocycles. The summed E-state index contributed by atoms with van der Waals surface area (Å²) in [5, 5.41) is 5.87. The van der Waals surface area contributed by atoms with E-state index in [1.165, 1.54) is 6.07 Å². The van der Waals surface area contributed by atoms with Gasteiger partial charge >= 0.3 is 0 Å². The number of halogens is 1. The highest BCUT2D eigenvalue weighted by atomic mass is 19.1. The summed E-state index contributed by atoms with van der Waals surface area (Å²) >= 11 is 0. The van der Waals surface area contributed by atoms with Gasteiger partial charge in [-0.1, -0.05) is 18.2 Å². The molecular weight excluding hydrogens is 309 g/mol. The van der Waals surface area contributed by atoms with E-state index in [0.717, 1.165) is 25.7 Å². The zero-order chi connectivity index (χ0) is 16.9. The van der Waals surface area contributed by atoms with Crippen molar-refractivity contribution < 1.29 is 14.0 Å². The maximum Gasteiger partial charge on any atom is 0.234 e. The van der Waals surface area contributed by atoms with Gasteiger partial charge in [-0.3, -0.25) is 14.5 Å². The van der Waals surface area contributed by atoms with Gasteiger partial charge in [-0.15, -0.1) is 0 Å². The van der Waals surface area contributed by atoms with Crippen LogP contribution in [0.3, 0.4) is 0 Å². The Bertz CT molecular complexity index is 572. The fourth-order valence-corrected chi connectivity index (χ4v) is 2.60. The third-order valence-electron chi connectivity index (χ3n) is 4.27. The van der Waals surface area contributed by atoms with Crippen LogP contribution in [0.5, 0.6) is 0 Å². The Morgan fingerprint density at radius 3 is 2.04 bits per heavy atom. The molecule has 0 unspecified atom stereocenters. The summed E-state index contributed by atoms with van der Waals surface area (Å²) in [6.07, 6.45) is 4.60. The number of rotatable bonds is 9. The minimum absolute atomic E-state index is 0.0646. The number of hydrogen-bond donors (Lipinski definition) is 2. The highest BCUT2D eigenvalue weighted by molar-refractivity contribution is 5.81. The lowest BCUT2D eigenvalue weighted by atomic mass is 10.1. The van der Waals surface area contributed by atoms with Crippen molar-refractivity contribution in [3.8, 4) is 0 Å². The maximum absolute atomic E-state index is 13.7. The van der Waals surface area contributed by atoms with Gasteiger partial charge in [0.15, 0.2) is 0 Å². The molecule has 2 amide bonds. The van der Waals surface area contributed by atoms with Gasteiger partial charge in [-0.05, 0) is 43.7 Å². The lowest BCUT2D eigenvalue weighted by Gasteiger charge is -2.21. The molecule has 24 heavy (non-hydrogen) atoms. The molecule has 1 aromatic carbocycles. The quantitative estimate of drug-likeness (QED) is 0.714. The topological polar surface area (TPSA) is 61.4 Å². The smallest absolute Gasteiger partial charge is 0.234 e. The first-order valence-corrected chi connectivity index (χ1v) is 8.64. The standard InChI is InChI=1S/C18H24FN3O2/c19-16-4-2-1-3-13(16)9-10-22(11-17(23)20-14-5-6-14)12-18(24)21-15-7-8-15/h1-4,14-15H,5-12H2,(H,20,23)(H,21,24). The van der Waals surface area contributed by atoms with E-state index >= 15 is 0 Å². The van der Waals surface area contributed by atoms with Crippen LogP contribution in [0.25, 0.3) is 0 Å². The van der Waals surface area contributed by atoms with Crippen LogP contribution in [0.1, 0.15) is 31.2 Å².